The number of rotatable bonds is 2. The normalized spacial score (nSPS) is 9.00. The molecule has 108 valence electrons. The van der Waals surface area contributed by atoms with Crippen LogP contribution in [0.25, 0.3) is 0 Å². The number of aromatic hydroxyl groups is 1. The van der Waals surface area contributed by atoms with E-state index >= 15 is 0 Å². The summed E-state index contributed by atoms with van der Waals surface area (Å²) >= 11 is 0. The fourth-order valence-corrected chi connectivity index (χ4v) is 1.63. The van der Waals surface area contributed by atoms with Crippen LogP contribution >= 0.6 is 0 Å². The average Bonchev–Trinajstić information content (AvgIpc) is 3.15. The zero-order chi connectivity index (χ0) is 13.5. The summed E-state index contributed by atoms with van der Waals surface area (Å²) in [4.78, 5) is 11.7. The molecule has 0 bridgehead atoms. The maximum Gasteiger partial charge on any atom is 0.114 e. The Bertz CT molecular complexity index is 576. The summed E-state index contributed by atoms with van der Waals surface area (Å²) in [7, 11) is 0. The van der Waals surface area contributed by atoms with Gasteiger partial charge in [0.15, 0.2) is 0 Å². The van der Waals surface area contributed by atoms with E-state index in [0.717, 1.165) is 0 Å². The Morgan fingerprint density at radius 3 is 1.80 bits per heavy atom. The molecule has 0 aliphatic carbocycles. The van der Waals surface area contributed by atoms with E-state index in [-0.39, 0.29) is 28.6 Å². The average molecular weight is 306 g/mol. The van der Waals surface area contributed by atoms with E-state index < -0.39 is 0 Å². The molecule has 2 nitrogen and oxygen atoms in total. The first-order chi connectivity index (χ1) is 9.27. The zero-order valence-electron chi connectivity index (χ0n) is 10.7. The number of benzene rings is 1. The van der Waals surface area contributed by atoms with Crippen molar-refractivity contribution in [1.29, 1.82) is 0 Å². The summed E-state index contributed by atoms with van der Waals surface area (Å²) in [5.74, 6) is 0.152. The van der Waals surface area contributed by atoms with Crippen molar-refractivity contribution >= 4 is 5.78 Å². The number of carbonyl (C=O) groups excluding carboxylic acids is 1. The van der Waals surface area contributed by atoms with Gasteiger partial charge in [-0.25, -0.2) is 0 Å². The molecule has 3 aromatic rings. The molecule has 3 rings (SSSR count). The van der Waals surface area contributed by atoms with Crippen molar-refractivity contribution in [1.82, 2.24) is 0 Å². The third-order valence-corrected chi connectivity index (χ3v) is 2.61. The topological polar surface area (TPSA) is 37.3 Å². The van der Waals surface area contributed by atoms with Crippen LogP contribution in [-0.2, 0) is 17.1 Å². The van der Waals surface area contributed by atoms with E-state index in [1.165, 1.54) is 12.1 Å². The van der Waals surface area contributed by atoms with Crippen LogP contribution in [0.5, 0.6) is 5.75 Å². The van der Waals surface area contributed by atoms with Crippen LogP contribution in [0.4, 0.5) is 0 Å². The predicted molar refractivity (Wildman–Crippen MR) is 75.6 cm³/mol. The van der Waals surface area contributed by atoms with Gasteiger partial charge in [-0.05, 0) is 17.7 Å². The van der Waals surface area contributed by atoms with Crippen molar-refractivity contribution in [3.8, 4) is 5.75 Å². The maximum atomic E-state index is 11.7. The first-order valence-electron chi connectivity index (χ1n) is 5.99. The van der Waals surface area contributed by atoms with E-state index in [4.69, 9.17) is 5.11 Å². The summed E-state index contributed by atoms with van der Waals surface area (Å²) in [6, 6.07) is 23.5. The molecule has 0 saturated carbocycles. The Morgan fingerprint density at radius 1 is 0.900 bits per heavy atom. The van der Waals surface area contributed by atoms with E-state index in [1.54, 1.807) is 24.3 Å². The second-order valence-electron chi connectivity index (χ2n) is 4.01. The van der Waals surface area contributed by atoms with Crippen molar-refractivity contribution in [2.75, 3.05) is 0 Å². The second-order valence-corrected chi connectivity index (χ2v) is 4.01. The molecule has 0 aliphatic heterocycles. The predicted octanol–water partition coefficient (Wildman–Crippen LogP) is 3.75. The molecule has 0 aromatic heterocycles. The molecule has 3 aromatic carbocycles. The Morgan fingerprint density at radius 2 is 1.35 bits per heavy atom. The quantitative estimate of drug-likeness (QED) is 0.445. The third kappa shape index (κ3) is 4.54. The summed E-state index contributed by atoms with van der Waals surface area (Å²) < 4.78 is 0. The second kappa shape index (κ2) is 8.15. The fraction of sp³-hybridized carbons (Fsp3) is 0. The standard InChI is InChI=1S/C12H9O2.C5H5.Fe/c13-11-7-5-10(6-8-11)12(14)9-3-1-2-4-9;1-2-4-5-3-1;/h1-8,13H;1-5H;/q-1;-5;. The van der Waals surface area contributed by atoms with Gasteiger partial charge < -0.3 is 40.2 Å². The van der Waals surface area contributed by atoms with Gasteiger partial charge in [-0.3, -0.25) is 0 Å². The summed E-state index contributed by atoms with van der Waals surface area (Å²) in [5, 5.41) is 9.06. The Hall–Kier alpha value is -2.09. The van der Waals surface area contributed by atoms with Crippen molar-refractivity contribution in [3.05, 3.63) is 90.0 Å². The molecule has 0 atom stereocenters. The van der Waals surface area contributed by atoms with Crippen LogP contribution in [0.15, 0.2) is 78.9 Å². The molecule has 0 unspecified atom stereocenters. The number of hydrogen-bond donors (Lipinski definition) is 1. The zero-order valence-corrected chi connectivity index (χ0v) is 11.8. The molecular weight excluding hydrogens is 292 g/mol. The molecule has 3 heteroatoms. The number of phenols is 1. The van der Waals surface area contributed by atoms with Gasteiger partial charge in [-0.2, -0.15) is 12.1 Å². The number of carbonyl (C=O) groups is 1. The van der Waals surface area contributed by atoms with Gasteiger partial charge >= 0.3 is 0 Å². The van der Waals surface area contributed by atoms with Gasteiger partial charge in [-0.1, -0.05) is 17.7 Å². The first kappa shape index (κ1) is 16.0. The molecule has 0 spiro atoms. The molecule has 0 fully saturated rings. The van der Waals surface area contributed by atoms with Gasteiger partial charge in [0.1, 0.15) is 11.5 Å². The van der Waals surface area contributed by atoms with Crippen LogP contribution in [0.1, 0.15) is 15.9 Å². The Balaban J connectivity index is 0.000000283. The smallest absolute Gasteiger partial charge is 0.114 e. The first-order valence-corrected chi connectivity index (χ1v) is 5.99. The molecular formula is C17H14FeO2-6. The minimum atomic E-state index is -0.0185. The van der Waals surface area contributed by atoms with E-state index in [9.17, 15) is 4.79 Å². The molecule has 0 heterocycles. The summed E-state index contributed by atoms with van der Waals surface area (Å²) in [6.45, 7) is 0. The minimum Gasteiger partial charge on any atom is -0.748 e. The molecule has 0 saturated heterocycles. The molecule has 0 aliphatic rings. The molecule has 0 amide bonds. The molecule has 20 heavy (non-hydrogen) atoms. The van der Waals surface area contributed by atoms with Crippen molar-refractivity contribution in [3.63, 3.8) is 0 Å². The van der Waals surface area contributed by atoms with E-state index in [0.29, 0.717) is 11.1 Å². The van der Waals surface area contributed by atoms with Gasteiger partial charge in [0.2, 0.25) is 0 Å². The van der Waals surface area contributed by atoms with Crippen LogP contribution < -0.4 is 0 Å². The van der Waals surface area contributed by atoms with Gasteiger partial charge in [0, 0.05) is 17.1 Å². The van der Waals surface area contributed by atoms with Crippen LogP contribution in [0, 0.1) is 0 Å². The fourth-order valence-electron chi connectivity index (χ4n) is 1.63. The maximum absolute atomic E-state index is 11.7. The van der Waals surface area contributed by atoms with Crippen molar-refractivity contribution in [2.24, 2.45) is 0 Å². The molecule has 1 N–H and O–H groups in total. The minimum absolute atomic E-state index is 0. The Labute approximate surface area is 128 Å². The number of ketones is 1. The van der Waals surface area contributed by atoms with Crippen LogP contribution in [0.3, 0.4) is 0 Å². The largest absolute Gasteiger partial charge is 0.748 e. The third-order valence-electron chi connectivity index (χ3n) is 2.61. The van der Waals surface area contributed by atoms with Crippen molar-refractivity contribution in [2.45, 2.75) is 0 Å². The van der Waals surface area contributed by atoms with Gasteiger partial charge in [0.05, 0.1) is 0 Å². The van der Waals surface area contributed by atoms with Gasteiger partial charge in [-0.15, -0.1) is 12.1 Å². The number of hydrogen-bond acceptors (Lipinski definition) is 2. The van der Waals surface area contributed by atoms with Crippen molar-refractivity contribution < 1.29 is 27.0 Å². The summed E-state index contributed by atoms with van der Waals surface area (Å²) in [5.41, 5.74) is 1.27. The van der Waals surface area contributed by atoms with Gasteiger partial charge in [0.25, 0.3) is 0 Å². The SMILES string of the molecule is O=C(c1ccc(O)cc1)[c-]1cccc1.[Fe].[cH-]1[cH-][cH-][cH-][cH-]1. The van der Waals surface area contributed by atoms with E-state index in [2.05, 4.69) is 0 Å². The number of phenolic OH excluding ortho intramolecular Hbond substituents is 1. The van der Waals surface area contributed by atoms with Crippen LogP contribution in [-0.4, -0.2) is 10.9 Å². The monoisotopic (exact) mass is 306 g/mol. The van der Waals surface area contributed by atoms with Crippen LogP contribution in [0.2, 0.25) is 0 Å². The Kier molecular flexibility index (Phi) is 6.51. The van der Waals surface area contributed by atoms with E-state index in [1.807, 2.05) is 42.5 Å². The molecule has 0 radical (unpaired) electrons. The summed E-state index contributed by atoms with van der Waals surface area (Å²) in [6.07, 6.45) is 0.